The molecule has 1 heterocycles. The van der Waals surface area contributed by atoms with Crippen LogP contribution in [0.25, 0.3) is 6.08 Å². The van der Waals surface area contributed by atoms with Crippen molar-refractivity contribution in [2.75, 3.05) is 24.7 Å². The molecule has 2 rings (SSSR count). The fourth-order valence-corrected chi connectivity index (χ4v) is 4.58. The minimum absolute atomic E-state index is 0.00564. The molecule has 1 atom stereocenters. The van der Waals surface area contributed by atoms with Crippen LogP contribution in [0.4, 0.5) is 8.78 Å². The van der Waals surface area contributed by atoms with Gasteiger partial charge in [0, 0.05) is 18.7 Å². The van der Waals surface area contributed by atoms with Crippen LogP contribution in [0.2, 0.25) is 0 Å². The summed E-state index contributed by atoms with van der Waals surface area (Å²) in [5, 5.41) is 0. The quantitative estimate of drug-likeness (QED) is 0.474. The molecular formula is C18H21F2NO6S. The second-order valence-corrected chi connectivity index (χ2v) is 8.35. The molecule has 1 saturated heterocycles. The van der Waals surface area contributed by atoms with Gasteiger partial charge in [0.05, 0.1) is 11.5 Å². The molecule has 1 aliphatic rings. The average molecular weight is 417 g/mol. The lowest BCUT2D eigenvalue weighted by molar-refractivity contribution is -0.149. The average Bonchev–Trinajstić information content (AvgIpc) is 2.99. The molecule has 0 N–H and O–H groups in total. The highest BCUT2D eigenvalue weighted by Gasteiger charge is 2.34. The molecule has 1 aromatic rings. The van der Waals surface area contributed by atoms with Crippen molar-refractivity contribution in [3.05, 3.63) is 35.9 Å². The number of carbonyl (C=O) groups is 2. The van der Waals surface area contributed by atoms with E-state index in [9.17, 15) is 26.8 Å². The first kappa shape index (κ1) is 21.8. The number of ether oxygens (including phenoxy) is 2. The van der Waals surface area contributed by atoms with Crippen LogP contribution in [0, 0.1) is 0 Å². The van der Waals surface area contributed by atoms with Gasteiger partial charge in [-0.1, -0.05) is 12.1 Å². The Morgan fingerprint density at radius 1 is 1.29 bits per heavy atom. The normalized spacial score (nSPS) is 18.4. The molecule has 1 fully saturated rings. The van der Waals surface area contributed by atoms with E-state index in [1.54, 1.807) is 6.92 Å². The maximum atomic E-state index is 12.2. The summed E-state index contributed by atoms with van der Waals surface area (Å²) in [5.41, 5.74) is 0.552. The van der Waals surface area contributed by atoms with Crippen molar-refractivity contribution in [1.82, 2.24) is 4.90 Å². The number of amides is 1. The lowest BCUT2D eigenvalue weighted by Crippen LogP contribution is -2.43. The first-order valence-electron chi connectivity index (χ1n) is 8.60. The van der Waals surface area contributed by atoms with Gasteiger partial charge in [-0.15, -0.1) is 0 Å². The van der Waals surface area contributed by atoms with Gasteiger partial charge in [0.15, 0.2) is 16.4 Å². The van der Waals surface area contributed by atoms with Crippen molar-refractivity contribution in [2.45, 2.75) is 26.0 Å². The van der Waals surface area contributed by atoms with E-state index in [-0.39, 0.29) is 17.3 Å². The predicted molar refractivity (Wildman–Crippen MR) is 97.5 cm³/mol. The summed E-state index contributed by atoms with van der Waals surface area (Å²) in [6.07, 6.45) is 2.88. The number of benzene rings is 1. The van der Waals surface area contributed by atoms with Gasteiger partial charge in [-0.3, -0.25) is 4.79 Å². The highest BCUT2D eigenvalue weighted by Crippen LogP contribution is 2.18. The van der Waals surface area contributed by atoms with Crippen LogP contribution >= 0.6 is 0 Å². The largest absolute Gasteiger partial charge is 0.452 e. The van der Waals surface area contributed by atoms with Crippen LogP contribution in [-0.2, 0) is 24.2 Å². The van der Waals surface area contributed by atoms with Crippen molar-refractivity contribution in [3.63, 3.8) is 0 Å². The second kappa shape index (κ2) is 9.63. The van der Waals surface area contributed by atoms with Gasteiger partial charge in [-0.25, -0.2) is 13.2 Å². The molecule has 154 valence electrons. The molecule has 10 heteroatoms. The Hall–Kier alpha value is -2.49. The van der Waals surface area contributed by atoms with Crippen LogP contribution in [0.15, 0.2) is 30.3 Å². The number of sulfone groups is 1. The zero-order valence-electron chi connectivity index (χ0n) is 15.2. The van der Waals surface area contributed by atoms with Crippen molar-refractivity contribution in [1.29, 1.82) is 0 Å². The van der Waals surface area contributed by atoms with Gasteiger partial charge < -0.3 is 14.4 Å². The van der Waals surface area contributed by atoms with Gasteiger partial charge in [-0.2, -0.15) is 8.78 Å². The number of nitrogens with zero attached hydrogens (tertiary/aromatic N) is 1. The molecule has 28 heavy (non-hydrogen) atoms. The second-order valence-electron chi connectivity index (χ2n) is 6.13. The molecule has 0 unspecified atom stereocenters. The van der Waals surface area contributed by atoms with Gasteiger partial charge in [0.25, 0.3) is 5.91 Å². The van der Waals surface area contributed by atoms with E-state index in [1.807, 2.05) is 0 Å². The molecule has 0 aliphatic carbocycles. The summed E-state index contributed by atoms with van der Waals surface area (Å²) in [6, 6.07) is 5.22. The number of rotatable bonds is 8. The molecule has 7 nitrogen and oxygen atoms in total. The molecule has 0 aromatic heterocycles. The van der Waals surface area contributed by atoms with Crippen LogP contribution < -0.4 is 4.74 Å². The summed E-state index contributed by atoms with van der Waals surface area (Å²) in [6.45, 7) is -1.36. The van der Waals surface area contributed by atoms with E-state index in [0.29, 0.717) is 18.5 Å². The first-order chi connectivity index (χ1) is 13.2. The topological polar surface area (TPSA) is 90.0 Å². The summed E-state index contributed by atoms with van der Waals surface area (Å²) < 4.78 is 56.4. The molecule has 1 aliphatic heterocycles. The molecule has 0 spiro atoms. The van der Waals surface area contributed by atoms with E-state index < -0.39 is 41.0 Å². The molecule has 0 saturated carbocycles. The number of hydrogen-bond acceptors (Lipinski definition) is 6. The van der Waals surface area contributed by atoms with Crippen LogP contribution in [0.5, 0.6) is 5.75 Å². The molecule has 1 aromatic carbocycles. The Labute approximate surface area is 161 Å². The fraction of sp³-hybridized carbons (Fsp3) is 0.444. The number of esters is 1. The van der Waals surface area contributed by atoms with E-state index in [0.717, 1.165) is 6.08 Å². The zero-order chi connectivity index (χ0) is 20.7. The lowest BCUT2D eigenvalue weighted by Gasteiger charge is -2.26. The Bertz CT molecular complexity index is 823. The van der Waals surface area contributed by atoms with Gasteiger partial charge in [0.2, 0.25) is 0 Å². The zero-order valence-corrected chi connectivity index (χ0v) is 16.0. The lowest BCUT2D eigenvalue weighted by atomic mass is 10.2. The van der Waals surface area contributed by atoms with E-state index in [4.69, 9.17) is 4.74 Å². The monoisotopic (exact) mass is 417 g/mol. The maximum absolute atomic E-state index is 12.2. The number of hydrogen-bond donors (Lipinski definition) is 0. The smallest absolute Gasteiger partial charge is 0.387 e. The van der Waals surface area contributed by atoms with E-state index in [1.165, 1.54) is 35.2 Å². The Balaban J connectivity index is 1.83. The highest BCUT2D eigenvalue weighted by atomic mass is 32.2. The van der Waals surface area contributed by atoms with Crippen molar-refractivity contribution in [3.8, 4) is 5.75 Å². The van der Waals surface area contributed by atoms with E-state index >= 15 is 0 Å². The summed E-state index contributed by atoms with van der Waals surface area (Å²) in [7, 11) is -3.13. The Kier molecular flexibility index (Phi) is 7.50. The number of alkyl halides is 2. The van der Waals surface area contributed by atoms with Crippen LogP contribution in [0.3, 0.4) is 0 Å². The molecule has 1 amide bonds. The Morgan fingerprint density at radius 2 is 1.96 bits per heavy atom. The number of carbonyl (C=O) groups excluding carboxylic acids is 2. The fourth-order valence-electron chi connectivity index (χ4n) is 2.85. The minimum Gasteiger partial charge on any atom is -0.452 e. The standard InChI is InChI=1S/C18H21F2NO6S/c1-2-21(14-9-10-28(24,25)12-14)16(22)11-26-17(23)8-5-13-3-6-15(7-4-13)27-18(19)20/h3-8,14,18H,2,9-12H2,1H3/b8-5+/t14-/m1/s1. The third kappa shape index (κ3) is 6.59. The summed E-state index contributed by atoms with van der Waals surface area (Å²) >= 11 is 0. The third-order valence-electron chi connectivity index (χ3n) is 4.17. The third-order valence-corrected chi connectivity index (χ3v) is 5.92. The van der Waals surface area contributed by atoms with Crippen LogP contribution in [0.1, 0.15) is 18.9 Å². The van der Waals surface area contributed by atoms with Gasteiger partial charge >= 0.3 is 12.6 Å². The number of likely N-dealkylation sites (N-methyl/N-ethyl adjacent to an activating group) is 1. The summed E-state index contributed by atoms with van der Waals surface area (Å²) in [4.78, 5) is 25.4. The van der Waals surface area contributed by atoms with Gasteiger partial charge in [0.1, 0.15) is 5.75 Å². The molecular weight excluding hydrogens is 396 g/mol. The number of halogens is 2. The summed E-state index contributed by atoms with van der Waals surface area (Å²) in [5.74, 6) is -1.25. The minimum atomic E-state index is -3.13. The van der Waals surface area contributed by atoms with Crippen molar-refractivity contribution < 1.29 is 36.3 Å². The van der Waals surface area contributed by atoms with Crippen molar-refractivity contribution >= 4 is 27.8 Å². The maximum Gasteiger partial charge on any atom is 0.387 e. The highest BCUT2D eigenvalue weighted by molar-refractivity contribution is 7.91. The SMILES string of the molecule is CCN(C(=O)COC(=O)/C=C/c1ccc(OC(F)F)cc1)[C@@H]1CCS(=O)(=O)C1. The van der Waals surface area contributed by atoms with Gasteiger partial charge in [-0.05, 0) is 37.1 Å². The van der Waals surface area contributed by atoms with E-state index in [2.05, 4.69) is 4.74 Å². The molecule has 0 bridgehead atoms. The van der Waals surface area contributed by atoms with Crippen LogP contribution in [-0.4, -0.2) is 62.5 Å². The van der Waals surface area contributed by atoms with Crippen molar-refractivity contribution in [2.24, 2.45) is 0 Å². The molecule has 0 radical (unpaired) electrons. The first-order valence-corrected chi connectivity index (χ1v) is 10.4. The Morgan fingerprint density at radius 3 is 2.50 bits per heavy atom. The predicted octanol–water partition coefficient (Wildman–Crippen LogP) is 1.88.